The molecule has 2 aromatic heterocycles. The van der Waals surface area contributed by atoms with E-state index < -0.39 is 0 Å². The third-order valence-corrected chi connectivity index (χ3v) is 3.00. The molecular weight excluding hydrogens is 250 g/mol. The van der Waals surface area contributed by atoms with Crippen LogP contribution in [-0.4, -0.2) is 26.9 Å². The number of aliphatic hydroxyl groups excluding tert-OH is 1. The van der Waals surface area contributed by atoms with Crippen LogP contribution in [0.15, 0.2) is 42.7 Å². The molecule has 0 radical (unpaired) electrons. The van der Waals surface area contributed by atoms with Crippen molar-refractivity contribution in [2.24, 2.45) is 0 Å². The largest absolute Gasteiger partial charge is 0.395 e. The summed E-state index contributed by atoms with van der Waals surface area (Å²) in [6, 6.07) is 9.84. The Morgan fingerprint density at radius 2 is 2.15 bits per heavy atom. The summed E-state index contributed by atoms with van der Waals surface area (Å²) in [6.07, 6.45) is 4.03. The summed E-state index contributed by atoms with van der Waals surface area (Å²) in [5.41, 5.74) is 3.73. The predicted octanol–water partition coefficient (Wildman–Crippen LogP) is 2.36. The minimum atomic E-state index is 0.0827. The van der Waals surface area contributed by atoms with E-state index in [1.54, 1.807) is 12.4 Å². The second-order valence-electron chi connectivity index (χ2n) is 4.33. The van der Waals surface area contributed by atoms with Crippen LogP contribution >= 0.6 is 0 Å². The average Bonchev–Trinajstić information content (AvgIpc) is 3.01. The van der Waals surface area contributed by atoms with Crippen molar-refractivity contribution >= 4 is 10.9 Å². The molecule has 2 N–H and O–H groups in total. The number of rotatable bonds is 2. The molecule has 0 bridgehead atoms. The first-order valence-corrected chi connectivity index (χ1v) is 6.37. The smallest absolute Gasteiger partial charge is 0.0921 e. The molecule has 4 heteroatoms. The molecule has 0 aliphatic heterocycles. The van der Waals surface area contributed by atoms with E-state index in [9.17, 15) is 0 Å². The number of aromatic amines is 1. The molecule has 3 rings (SSSR count). The third kappa shape index (κ3) is 2.40. The van der Waals surface area contributed by atoms with E-state index in [0.29, 0.717) is 6.42 Å². The fraction of sp³-hybridized carbons (Fsp3) is 0.125. The minimum Gasteiger partial charge on any atom is -0.395 e. The van der Waals surface area contributed by atoms with Crippen LogP contribution in [0.25, 0.3) is 22.2 Å². The standard InChI is InChI=1S/C16H13N3O/c20-10-2-1-3-12-6-8-17-16-11-13(4-5-14(12)16)15-7-9-18-19-15/h4-9,11,20H,2,10H2,(H,18,19). The highest BCUT2D eigenvalue weighted by atomic mass is 16.2. The molecule has 0 spiro atoms. The lowest BCUT2D eigenvalue weighted by Crippen LogP contribution is -1.86. The summed E-state index contributed by atoms with van der Waals surface area (Å²) in [5.74, 6) is 6.01. The maximum Gasteiger partial charge on any atom is 0.0921 e. The van der Waals surface area contributed by atoms with Gasteiger partial charge in [-0.2, -0.15) is 5.10 Å². The zero-order valence-electron chi connectivity index (χ0n) is 10.8. The van der Waals surface area contributed by atoms with Crippen LogP contribution < -0.4 is 0 Å². The van der Waals surface area contributed by atoms with Gasteiger partial charge in [-0.1, -0.05) is 24.0 Å². The Morgan fingerprint density at radius 1 is 1.20 bits per heavy atom. The molecule has 0 saturated heterocycles. The Morgan fingerprint density at radius 3 is 2.95 bits per heavy atom. The lowest BCUT2D eigenvalue weighted by Gasteiger charge is -2.02. The molecule has 98 valence electrons. The van der Waals surface area contributed by atoms with Crippen molar-refractivity contribution < 1.29 is 5.11 Å². The van der Waals surface area contributed by atoms with Gasteiger partial charge in [-0.05, 0) is 18.2 Å². The van der Waals surface area contributed by atoms with E-state index in [4.69, 9.17) is 5.11 Å². The molecule has 0 fully saturated rings. The van der Waals surface area contributed by atoms with Gasteiger partial charge in [-0.3, -0.25) is 10.1 Å². The van der Waals surface area contributed by atoms with Gasteiger partial charge in [0.05, 0.1) is 17.8 Å². The Bertz CT molecular complexity index is 782. The van der Waals surface area contributed by atoms with Crippen molar-refractivity contribution in [1.82, 2.24) is 15.2 Å². The summed E-state index contributed by atoms with van der Waals surface area (Å²) in [4.78, 5) is 4.39. The maximum atomic E-state index is 8.77. The number of nitrogens with zero attached hydrogens (tertiary/aromatic N) is 2. The van der Waals surface area contributed by atoms with Gasteiger partial charge in [-0.25, -0.2) is 0 Å². The highest BCUT2D eigenvalue weighted by Crippen LogP contribution is 2.23. The fourth-order valence-electron chi connectivity index (χ4n) is 2.05. The van der Waals surface area contributed by atoms with Gasteiger partial charge in [0.25, 0.3) is 0 Å². The second-order valence-corrected chi connectivity index (χ2v) is 4.33. The first-order chi connectivity index (χ1) is 9.88. The van der Waals surface area contributed by atoms with Gasteiger partial charge in [0.15, 0.2) is 0 Å². The van der Waals surface area contributed by atoms with E-state index in [1.807, 2.05) is 30.3 Å². The lowest BCUT2D eigenvalue weighted by atomic mass is 10.1. The first-order valence-electron chi connectivity index (χ1n) is 6.37. The van der Waals surface area contributed by atoms with Crippen LogP contribution in [0, 0.1) is 11.8 Å². The van der Waals surface area contributed by atoms with Crippen LogP contribution in [0.5, 0.6) is 0 Å². The summed E-state index contributed by atoms with van der Waals surface area (Å²) in [5, 5.41) is 16.8. The maximum absolute atomic E-state index is 8.77. The Kier molecular flexibility index (Phi) is 3.44. The Hall–Kier alpha value is -2.64. The molecule has 1 aromatic carbocycles. The number of pyridine rings is 1. The molecule has 0 saturated carbocycles. The van der Waals surface area contributed by atoms with E-state index in [0.717, 1.165) is 27.7 Å². The van der Waals surface area contributed by atoms with Crippen LogP contribution in [-0.2, 0) is 0 Å². The number of hydrogen-bond donors (Lipinski definition) is 2. The lowest BCUT2D eigenvalue weighted by molar-refractivity contribution is 0.305. The van der Waals surface area contributed by atoms with E-state index in [2.05, 4.69) is 27.0 Å². The molecule has 0 amide bonds. The third-order valence-electron chi connectivity index (χ3n) is 3.00. The number of hydrogen-bond acceptors (Lipinski definition) is 3. The van der Waals surface area contributed by atoms with Crippen LogP contribution in [0.3, 0.4) is 0 Å². The molecule has 3 aromatic rings. The van der Waals surface area contributed by atoms with Crippen molar-refractivity contribution in [3.8, 4) is 23.1 Å². The Labute approximate surface area is 116 Å². The van der Waals surface area contributed by atoms with Gasteiger partial charge >= 0.3 is 0 Å². The van der Waals surface area contributed by atoms with Crippen molar-refractivity contribution in [2.75, 3.05) is 6.61 Å². The van der Waals surface area contributed by atoms with Crippen molar-refractivity contribution in [1.29, 1.82) is 0 Å². The molecule has 0 unspecified atom stereocenters. The number of nitrogens with one attached hydrogen (secondary N) is 1. The summed E-state index contributed by atoms with van der Waals surface area (Å²) in [7, 11) is 0. The highest BCUT2D eigenvalue weighted by molar-refractivity contribution is 5.88. The van der Waals surface area contributed by atoms with Gasteiger partial charge < -0.3 is 5.11 Å². The minimum absolute atomic E-state index is 0.0827. The quantitative estimate of drug-likeness (QED) is 0.698. The molecule has 2 heterocycles. The zero-order valence-corrected chi connectivity index (χ0v) is 10.8. The zero-order chi connectivity index (χ0) is 13.8. The van der Waals surface area contributed by atoms with Gasteiger partial charge in [0.1, 0.15) is 0 Å². The second kappa shape index (κ2) is 5.55. The number of H-pyrrole nitrogens is 1. The molecular formula is C16H13N3O. The van der Waals surface area contributed by atoms with Crippen LogP contribution in [0.1, 0.15) is 12.0 Å². The number of aromatic nitrogens is 3. The monoisotopic (exact) mass is 263 g/mol. The van der Waals surface area contributed by atoms with Crippen molar-refractivity contribution in [3.63, 3.8) is 0 Å². The summed E-state index contributed by atoms with van der Waals surface area (Å²) >= 11 is 0. The molecule has 20 heavy (non-hydrogen) atoms. The van der Waals surface area contributed by atoms with Gasteiger partial charge in [-0.15, -0.1) is 0 Å². The van der Waals surface area contributed by atoms with E-state index in [1.165, 1.54) is 0 Å². The van der Waals surface area contributed by atoms with E-state index in [-0.39, 0.29) is 6.61 Å². The fourth-order valence-corrected chi connectivity index (χ4v) is 2.05. The summed E-state index contributed by atoms with van der Waals surface area (Å²) < 4.78 is 0. The normalized spacial score (nSPS) is 10.2. The van der Waals surface area contributed by atoms with E-state index >= 15 is 0 Å². The molecule has 4 nitrogen and oxygen atoms in total. The predicted molar refractivity (Wildman–Crippen MR) is 77.9 cm³/mol. The number of fused-ring (bicyclic) bond motifs is 1. The van der Waals surface area contributed by atoms with Gasteiger partial charge in [0.2, 0.25) is 0 Å². The molecule has 0 atom stereocenters. The topological polar surface area (TPSA) is 61.8 Å². The number of aliphatic hydroxyl groups is 1. The van der Waals surface area contributed by atoms with Crippen LogP contribution in [0.4, 0.5) is 0 Å². The van der Waals surface area contributed by atoms with Gasteiger partial charge in [0, 0.05) is 35.3 Å². The Balaban J connectivity index is 2.07. The van der Waals surface area contributed by atoms with Crippen molar-refractivity contribution in [2.45, 2.75) is 6.42 Å². The first kappa shape index (κ1) is 12.4. The van der Waals surface area contributed by atoms with Crippen molar-refractivity contribution in [3.05, 3.63) is 48.3 Å². The molecule has 0 aliphatic rings. The SMILES string of the molecule is OCCC#Cc1ccnc2cc(-c3cc[nH]n3)ccc12. The van der Waals surface area contributed by atoms with Crippen LogP contribution in [0.2, 0.25) is 0 Å². The average molecular weight is 263 g/mol. The summed E-state index contributed by atoms with van der Waals surface area (Å²) in [6.45, 7) is 0.0827. The molecule has 0 aliphatic carbocycles. The number of benzene rings is 1. The highest BCUT2D eigenvalue weighted by Gasteiger charge is 2.04.